The van der Waals surface area contributed by atoms with E-state index in [4.69, 9.17) is 24.5 Å². The molecule has 82 heavy (non-hydrogen) atoms. The molecule has 2 saturated carbocycles. The number of aliphatic imine (C=N–C) groups is 1. The summed E-state index contributed by atoms with van der Waals surface area (Å²) < 4.78 is 27.0. The number of carbonyl (C=O) groups is 6. The van der Waals surface area contributed by atoms with Crippen LogP contribution in [0.15, 0.2) is 113 Å². The van der Waals surface area contributed by atoms with Crippen molar-refractivity contribution < 1.29 is 81.4 Å². The maximum atomic E-state index is 14.6. The number of hydrogen-bond acceptors (Lipinski definition) is 14. The smallest absolute Gasteiger partial charge is 0.478 e. The summed E-state index contributed by atoms with van der Waals surface area (Å²) in [5.74, 6) is -2.76. The van der Waals surface area contributed by atoms with Crippen LogP contribution in [0.2, 0.25) is 0 Å². The number of amidine groups is 1. The number of aromatic nitrogens is 1. The zero-order valence-corrected chi connectivity index (χ0v) is 52.7. The second-order valence-electron chi connectivity index (χ2n) is 22.2. The van der Waals surface area contributed by atoms with E-state index in [1.165, 1.54) is 19.1 Å². The molecule has 21 heteroatoms. The zero-order valence-electron chi connectivity index (χ0n) is 48.1. The number of carboxylic acid groups (broad SMARTS) is 2. The third kappa shape index (κ3) is 17.8. The Hall–Kier alpha value is -6.51. The molecule has 1 aromatic heterocycles. The molecule has 2 aliphatic carbocycles. The van der Waals surface area contributed by atoms with E-state index in [-0.39, 0.29) is 107 Å². The predicted molar refractivity (Wildman–Crippen MR) is 311 cm³/mol. The predicted octanol–water partition coefficient (Wildman–Crippen LogP) is 10.7. The first-order chi connectivity index (χ1) is 38.2. The normalized spacial score (nSPS) is 22.4. The van der Waals surface area contributed by atoms with Gasteiger partial charge in [-0.1, -0.05) is 125 Å². The average Bonchev–Trinajstić information content (AvgIpc) is 3.48. The van der Waals surface area contributed by atoms with Crippen LogP contribution in [0, 0.1) is 35.5 Å². The molecule has 2 heterocycles. The molecule has 7 rings (SSSR count). The molecule has 0 spiro atoms. The molecule has 5 atom stereocenters. The van der Waals surface area contributed by atoms with Crippen LogP contribution < -0.4 is 20.9 Å². The first kappa shape index (κ1) is 66.3. The summed E-state index contributed by atoms with van der Waals surface area (Å²) in [5.41, 5.74) is 2.43. The van der Waals surface area contributed by atoms with E-state index in [0.717, 1.165) is 55.2 Å². The fourth-order valence-electron chi connectivity index (χ4n) is 11.1. The molecule has 434 valence electrons. The molecule has 18 nitrogen and oxygen atoms in total. The zero-order chi connectivity index (χ0) is 59.5. The number of carboxylic acids is 2. The van der Waals surface area contributed by atoms with E-state index >= 15 is 0 Å². The summed E-state index contributed by atoms with van der Waals surface area (Å²) >= 11 is 0.993. The number of carbonyl (C=O) groups excluding carboxylic acids is 4. The molecule has 5 N–H and O–H groups in total. The molecule has 1 aliphatic heterocycles. The first-order valence-corrected chi connectivity index (χ1v) is 29.1. The van der Waals surface area contributed by atoms with Gasteiger partial charge in [0.25, 0.3) is 0 Å². The van der Waals surface area contributed by atoms with Crippen LogP contribution in [0.4, 0.5) is 5.82 Å². The Balaban J connectivity index is 0.000000849. The molecule has 3 amide bonds. The van der Waals surface area contributed by atoms with Crippen molar-refractivity contribution in [2.45, 2.75) is 129 Å². The van der Waals surface area contributed by atoms with Crippen LogP contribution in [0.3, 0.4) is 0 Å². The number of aromatic carboxylic acids is 2. The number of nitrogens with zero attached hydrogens (tertiary/aromatic N) is 2. The number of anilines is 1. The molecule has 0 radical (unpaired) electrons. The van der Waals surface area contributed by atoms with Gasteiger partial charge in [-0.05, 0) is 146 Å². The monoisotopic (exact) mass is 1210 g/mol. The fourth-order valence-corrected chi connectivity index (χ4v) is 12.8. The van der Waals surface area contributed by atoms with Crippen molar-refractivity contribution >= 4 is 81.4 Å². The summed E-state index contributed by atoms with van der Waals surface area (Å²) in [6, 6.07) is 22.4. The molecule has 3 aromatic carbocycles. The number of rotatable bonds is 19. The number of amides is 3. The Labute approximate surface area is 498 Å². The number of esters is 1. The Morgan fingerprint density at radius 2 is 1.33 bits per heavy atom. The second-order valence-corrected chi connectivity index (χ2v) is 24.5. The molecule has 4 aromatic rings. The van der Waals surface area contributed by atoms with Crippen LogP contribution in [0.1, 0.15) is 132 Å². The standard InChI is InChI=1S/C54H62N4O10S.C7H12NO3S.Zn/c1-28-19-30(3)47(31(4)20-28)67-54(65)46-45(37-17-13-10-14-18-37)43(57-50(46)55-35(8)59)26-42-44(36-15-11-9-12-16-36)41(27-66-68-48-32(5)21-29(2)22-33(48)6)49(56-42)58-51(60)34(7)69-40-24-38(52(61)62)23-39(25-40)53(63)64;1-4-6(9)8-7(2,3)5-12(10)11;/h9-18,23-26,28-34,47-48H,19-22,27H2,1-8H3,(H5,55,56,57,58,59,60,61,62,63,64,65);4H,1,5H2,2-3H3,(H,8,9);/q;-1;+2/p-1. The number of ether oxygens (including phenoxy) is 1. The van der Waals surface area contributed by atoms with Crippen LogP contribution in [-0.4, -0.2) is 80.4 Å². The summed E-state index contributed by atoms with van der Waals surface area (Å²) in [7, 11) is -2.15. The van der Waals surface area contributed by atoms with E-state index in [1.54, 1.807) is 26.8 Å². The van der Waals surface area contributed by atoms with E-state index in [0.29, 0.717) is 45.5 Å². The minimum Gasteiger partial charge on any atom is -0.478 e. The van der Waals surface area contributed by atoms with Gasteiger partial charge in [0.15, 0.2) is 5.91 Å². The van der Waals surface area contributed by atoms with Crippen molar-refractivity contribution in [2.24, 2.45) is 40.5 Å². The Kier molecular flexibility index (Phi) is 24.0. The number of benzene rings is 3. The van der Waals surface area contributed by atoms with Crippen LogP contribution in [0.25, 0.3) is 22.8 Å². The summed E-state index contributed by atoms with van der Waals surface area (Å²) in [4.78, 5) is 98.9. The van der Waals surface area contributed by atoms with Gasteiger partial charge in [0.1, 0.15) is 24.1 Å². The van der Waals surface area contributed by atoms with Crippen LogP contribution in [0.5, 0.6) is 0 Å². The van der Waals surface area contributed by atoms with Crippen molar-refractivity contribution in [3.05, 3.63) is 131 Å². The van der Waals surface area contributed by atoms with Gasteiger partial charge in [-0.2, -0.15) is 0 Å². The Morgan fingerprint density at radius 1 is 0.805 bits per heavy atom. The van der Waals surface area contributed by atoms with Crippen molar-refractivity contribution in [3.63, 3.8) is 0 Å². The van der Waals surface area contributed by atoms with E-state index < -0.39 is 51.2 Å². The van der Waals surface area contributed by atoms with Crippen molar-refractivity contribution in [1.29, 1.82) is 0 Å². The first-order valence-electron chi connectivity index (χ1n) is 27.0. The Morgan fingerprint density at radius 3 is 1.83 bits per heavy atom. The van der Waals surface area contributed by atoms with Gasteiger partial charge < -0.3 is 44.3 Å². The van der Waals surface area contributed by atoms with Crippen LogP contribution in [-0.2, 0) is 78.9 Å². The third-order valence-corrected chi connectivity index (χ3v) is 16.4. The number of thioether (sulfide) groups is 1. The molecule has 2 fully saturated rings. The molecular weight excluding hydrogens is 1140 g/mol. The van der Waals surface area contributed by atoms with Gasteiger partial charge >= 0.3 is 37.4 Å². The molecule has 0 bridgehead atoms. The number of hydrogen-bond donors (Lipinski definition) is 5. The van der Waals surface area contributed by atoms with Gasteiger partial charge in [0, 0.05) is 22.9 Å². The maximum absolute atomic E-state index is 14.6. The summed E-state index contributed by atoms with van der Waals surface area (Å²) in [6.45, 7) is 22.3. The van der Waals surface area contributed by atoms with E-state index in [1.807, 2.05) is 60.7 Å². The average molecular weight is 1210 g/mol. The molecule has 5 unspecified atom stereocenters. The minimum absolute atomic E-state index is 0. The van der Waals surface area contributed by atoms with Gasteiger partial charge in [-0.15, -0.1) is 11.8 Å². The molecule has 0 saturated heterocycles. The van der Waals surface area contributed by atoms with Crippen molar-refractivity contribution in [3.8, 4) is 11.1 Å². The fraction of sp³-hybridized carbons (Fsp3) is 0.426. The molecule has 3 aliphatic rings. The van der Waals surface area contributed by atoms with Crippen molar-refractivity contribution in [2.75, 3.05) is 11.1 Å². The van der Waals surface area contributed by atoms with E-state index in [2.05, 4.69) is 64.1 Å². The quantitative estimate of drug-likeness (QED) is 0.0111. The van der Waals surface area contributed by atoms with Gasteiger partial charge in [0.05, 0.1) is 28.2 Å². The van der Waals surface area contributed by atoms with Gasteiger partial charge in [0.2, 0.25) is 11.8 Å². The molecular formula is C61H73N5O13S2Zn. The largest absolute Gasteiger partial charge is 2.00 e. The van der Waals surface area contributed by atoms with Crippen LogP contribution >= 0.6 is 11.8 Å². The second kappa shape index (κ2) is 29.6. The summed E-state index contributed by atoms with van der Waals surface area (Å²) in [6.07, 6.45) is 6.06. The third-order valence-electron chi connectivity index (χ3n) is 14.4. The van der Waals surface area contributed by atoms with Gasteiger partial charge in [-0.3, -0.25) is 14.4 Å². The SMILES string of the molecule is C=CC(=O)NC(C)(C)C[S-](=O)=O.CC(=O)NC1=NC(=Cc2[n-]c(NC(=O)C(C)Sc3cc(C(=O)O)cc(C(=O)O)c3)c(COOC3C(C)CC(C)CC3C)c2-c2ccccc2)C(c2ccccc2)=C1C(=O)OC1C(C)CC(C)CC1C.[Zn+2]. The van der Waals surface area contributed by atoms with Gasteiger partial charge in [-0.25, -0.2) is 29.2 Å². The van der Waals surface area contributed by atoms with Crippen molar-refractivity contribution in [1.82, 2.24) is 15.6 Å². The maximum Gasteiger partial charge on any atom is 2.00 e. The number of nitrogens with one attached hydrogen (secondary N) is 3. The number of allylic oxidation sites excluding steroid dienone is 1. The Bertz CT molecular complexity index is 3110. The topological polar surface area (TPSA) is 267 Å². The summed E-state index contributed by atoms with van der Waals surface area (Å²) in [5, 5.41) is 26.8. The van der Waals surface area contributed by atoms with E-state index in [9.17, 15) is 47.4 Å². The minimum atomic E-state index is -2.15.